The van der Waals surface area contributed by atoms with E-state index in [0.717, 1.165) is 0 Å². The fourth-order valence-corrected chi connectivity index (χ4v) is 1.61. The summed E-state index contributed by atoms with van der Waals surface area (Å²) in [7, 11) is 0. The van der Waals surface area contributed by atoms with Gasteiger partial charge in [-0.3, -0.25) is 10.1 Å². The predicted molar refractivity (Wildman–Crippen MR) is 62.0 cm³/mol. The molecule has 94 valence electrons. The van der Waals surface area contributed by atoms with E-state index in [0.29, 0.717) is 6.54 Å². The number of hydrogen-bond acceptors (Lipinski definition) is 3. The number of thioether (sulfide) groups is 1. The molecule has 1 fully saturated rings. The molecule has 1 unspecified atom stereocenters. The SMILES string of the molecule is CSC(C)(C)CNC(=O)C1CC(F)(F)CN1. The van der Waals surface area contributed by atoms with Gasteiger partial charge in [0.25, 0.3) is 5.92 Å². The van der Waals surface area contributed by atoms with Crippen molar-refractivity contribution < 1.29 is 13.6 Å². The minimum atomic E-state index is -2.75. The molecule has 0 aromatic heterocycles. The van der Waals surface area contributed by atoms with E-state index >= 15 is 0 Å². The summed E-state index contributed by atoms with van der Waals surface area (Å²) in [5, 5.41) is 5.23. The molecule has 0 aromatic carbocycles. The van der Waals surface area contributed by atoms with Crippen LogP contribution in [0.25, 0.3) is 0 Å². The van der Waals surface area contributed by atoms with Gasteiger partial charge < -0.3 is 5.32 Å². The van der Waals surface area contributed by atoms with Crippen LogP contribution in [-0.2, 0) is 4.79 Å². The molecule has 1 atom stereocenters. The first-order valence-corrected chi connectivity index (χ1v) is 6.42. The van der Waals surface area contributed by atoms with Crippen molar-refractivity contribution in [3.05, 3.63) is 0 Å². The van der Waals surface area contributed by atoms with Gasteiger partial charge in [-0.15, -0.1) is 0 Å². The summed E-state index contributed by atoms with van der Waals surface area (Å²) >= 11 is 1.63. The van der Waals surface area contributed by atoms with E-state index in [2.05, 4.69) is 10.6 Å². The molecule has 0 aliphatic carbocycles. The summed E-state index contributed by atoms with van der Waals surface area (Å²) in [6, 6.07) is -0.757. The van der Waals surface area contributed by atoms with Gasteiger partial charge in [-0.1, -0.05) is 0 Å². The topological polar surface area (TPSA) is 41.1 Å². The second-order valence-corrected chi connectivity index (χ2v) is 6.19. The molecule has 2 N–H and O–H groups in total. The van der Waals surface area contributed by atoms with Crippen molar-refractivity contribution in [3.63, 3.8) is 0 Å². The molecule has 1 heterocycles. The Morgan fingerprint density at radius 1 is 1.62 bits per heavy atom. The fourth-order valence-electron chi connectivity index (χ4n) is 1.40. The lowest BCUT2D eigenvalue weighted by Crippen LogP contribution is -2.44. The Labute approximate surface area is 98.7 Å². The second-order valence-electron chi connectivity index (χ2n) is 4.68. The Bertz CT molecular complexity index is 272. The summed E-state index contributed by atoms with van der Waals surface area (Å²) in [4.78, 5) is 11.6. The van der Waals surface area contributed by atoms with Crippen molar-refractivity contribution in [1.82, 2.24) is 10.6 Å². The van der Waals surface area contributed by atoms with Gasteiger partial charge in [0.2, 0.25) is 5.91 Å². The van der Waals surface area contributed by atoms with Gasteiger partial charge in [0.15, 0.2) is 0 Å². The highest BCUT2D eigenvalue weighted by Crippen LogP contribution is 2.25. The number of hydrogen-bond donors (Lipinski definition) is 2. The first-order valence-electron chi connectivity index (χ1n) is 5.20. The zero-order valence-electron chi connectivity index (χ0n) is 9.77. The highest BCUT2D eigenvalue weighted by molar-refractivity contribution is 7.99. The van der Waals surface area contributed by atoms with Gasteiger partial charge in [0.1, 0.15) is 0 Å². The lowest BCUT2D eigenvalue weighted by molar-refractivity contribution is -0.123. The number of rotatable bonds is 4. The van der Waals surface area contributed by atoms with Crippen LogP contribution in [0.5, 0.6) is 0 Å². The average Bonchev–Trinajstić information content (AvgIpc) is 2.55. The van der Waals surface area contributed by atoms with Crippen LogP contribution in [0.1, 0.15) is 20.3 Å². The normalized spacial score (nSPS) is 24.4. The standard InChI is InChI=1S/C10H18F2N2OS/c1-9(2,16-3)5-14-8(15)7-4-10(11,12)6-13-7/h7,13H,4-6H2,1-3H3,(H,14,15). The van der Waals surface area contributed by atoms with E-state index in [1.54, 1.807) is 11.8 Å². The zero-order chi connectivity index (χ0) is 12.4. The van der Waals surface area contributed by atoms with Crippen molar-refractivity contribution in [3.8, 4) is 0 Å². The molecule has 1 saturated heterocycles. The first-order chi connectivity index (χ1) is 7.26. The minimum absolute atomic E-state index is 0.0726. The van der Waals surface area contributed by atoms with Gasteiger partial charge in [-0.2, -0.15) is 11.8 Å². The van der Waals surface area contributed by atoms with Crippen molar-refractivity contribution in [2.75, 3.05) is 19.3 Å². The van der Waals surface area contributed by atoms with Crippen molar-refractivity contribution in [1.29, 1.82) is 0 Å². The summed E-state index contributed by atoms with van der Waals surface area (Å²) in [5.41, 5.74) is 0. The first kappa shape index (κ1) is 13.7. The molecule has 3 nitrogen and oxygen atoms in total. The number of alkyl halides is 2. The Morgan fingerprint density at radius 3 is 2.69 bits per heavy atom. The number of amides is 1. The Hall–Kier alpha value is -0.360. The molecule has 0 spiro atoms. The van der Waals surface area contributed by atoms with Crippen LogP contribution < -0.4 is 10.6 Å². The van der Waals surface area contributed by atoms with Crippen molar-refractivity contribution in [2.45, 2.75) is 37.0 Å². The molecule has 0 radical (unpaired) electrons. The third-order valence-corrected chi connectivity index (χ3v) is 3.92. The molecule has 1 aliphatic rings. The summed E-state index contributed by atoms with van der Waals surface area (Å²) in [5.74, 6) is -3.09. The Morgan fingerprint density at radius 2 is 2.25 bits per heavy atom. The van der Waals surface area contributed by atoms with Crippen LogP contribution in [0.2, 0.25) is 0 Å². The third kappa shape index (κ3) is 3.90. The number of nitrogens with one attached hydrogen (secondary N) is 2. The quantitative estimate of drug-likeness (QED) is 0.791. The lowest BCUT2D eigenvalue weighted by atomic mass is 10.1. The number of halogens is 2. The van der Waals surface area contributed by atoms with Crippen LogP contribution in [0, 0.1) is 0 Å². The molecule has 6 heteroatoms. The zero-order valence-corrected chi connectivity index (χ0v) is 10.6. The van der Waals surface area contributed by atoms with E-state index in [4.69, 9.17) is 0 Å². The molecule has 0 bridgehead atoms. The maximum Gasteiger partial charge on any atom is 0.262 e. The van der Waals surface area contributed by atoms with Gasteiger partial charge in [-0.05, 0) is 20.1 Å². The molecular weight excluding hydrogens is 234 g/mol. The maximum atomic E-state index is 12.8. The number of carbonyl (C=O) groups excluding carboxylic acids is 1. The molecular formula is C10H18F2N2OS. The van der Waals surface area contributed by atoms with E-state index in [-0.39, 0.29) is 10.7 Å². The molecule has 0 aromatic rings. The van der Waals surface area contributed by atoms with Crippen LogP contribution in [0.3, 0.4) is 0 Å². The smallest absolute Gasteiger partial charge is 0.262 e. The van der Waals surface area contributed by atoms with E-state index in [1.165, 1.54) is 0 Å². The summed E-state index contributed by atoms with van der Waals surface area (Å²) in [6.07, 6.45) is 1.55. The van der Waals surface area contributed by atoms with E-state index in [1.807, 2.05) is 20.1 Å². The van der Waals surface area contributed by atoms with Crippen LogP contribution in [0.4, 0.5) is 8.78 Å². The van der Waals surface area contributed by atoms with Crippen LogP contribution in [-0.4, -0.2) is 42.0 Å². The van der Waals surface area contributed by atoms with Gasteiger partial charge in [0.05, 0.1) is 12.6 Å². The molecule has 1 rings (SSSR count). The summed E-state index contributed by atoms with van der Waals surface area (Å²) < 4.78 is 25.6. The fraction of sp³-hybridized carbons (Fsp3) is 0.900. The predicted octanol–water partition coefficient (Wildman–Crippen LogP) is 1.24. The van der Waals surface area contributed by atoms with Crippen molar-refractivity contribution >= 4 is 17.7 Å². The van der Waals surface area contributed by atoms with Gasteiger partial charge in [0, 0.05) is 17.7 Å². The molecule has 0 saturated carbocycles. The monoisotopic (exact) mass is 252 g/mol. The number of carbonyl (C=O) groups is 1. The van der Waals surface area contributed by atoms with E-state index in [9.17, 15) is 13.6 Å². The summed E-state index contributed by atoms with van der Waals surface area (Å²) in [6.45, 7) is 4.07. The highest BCUT2D eigenvalue weighted by atomic mass is 32.2. The van der Waals surface area contributed by atoms with Gasteiger partial charge in [-0.25, -0.2) is 8.78 Å². The Balaban J connectivity index is 2.37. The van der Waals surface area contributed by atoms with Gasteiger partial charge >= 0.3 is 0 Å². The van der Waals surface area contributed by atoms with Crippen molar-refractivity contribution in [2.24, 2.45) is 0 Å². The minimum Gasteiger partial charge on any atom is -0.353 e. The molecule has 1 aliphatic heterocycles. The average molecular weight is 252 g/mol. The second kappa shape index (κ2) is 4.87. The molecule has 1 amide bonds. The van der Waals surface area contributed by atoms with E-state index < -0.39 is 24.9 Å². The third-order valence-electron chi connectivity index (χ3n) is 2.67. The van der Waals surface area contributed by atoms with Crippen LogP contribution >= 0.6 is 11.8 Å². The van der Waals surface area contributed by atoms with Crippen LogP contribution in [0.15, 0.2) is 0 Å². The Kier molecular flexibility index (Phi) is 4.17. The molecule has 16 heavy (non-hydrogen) atoms. The maximum absolute atomic E-state index is 12.8. The largest absolute Gasteiger partial charge is 0.353 e. The lowest BCUT2D eigenvalue weighted by Gasteiger charge is -2.23. The highest BCUT2D eigenvalue weighted by Gasteiger charge is 2.42.